The summed E-state index contributed by atoms with van der Waals surface area (Å²) in [5, 5.41) is 4.13. The average Bonchev–Trinajstić information content (AvgIpc) is 3.34. The first-order chi connectivity index (χ1) is 12.3. The first-order valence-electron chi connectivity index (χ1n) is 8.90. The standard InChI is InChI=1S/C21H23N3O/c22-14-19-13-21(23-25-19)17-8-5-7-16(12-17)20-9-2-1-6-18(20)15-24-10-3-4-11-24/h1-2,5-9,12-13H,3-4,10-11,14-15,22H2. The van der Waals surface area contributed by atoms with Crippen LogP contribution in [-0.4, -0.2) is 23.1 Å². The molecule has 4 heteroatoms. The molecule has 2 heterocycles. The lowest BCUT2D eigenvalue weighted by molar-refractivity contribution is 0.332. The summed E-state index contributed by atoms with van der Waals surface area (Å²) in [6, 6.07) is 19.1. The van der Waals surface area contributed by atoms with E-state index in [9.17, 15) is 0 Å². The van der Waals surface area contributed by atoms with Gasteiger partial charge in [-0.15, -0.1) is 0 Å². The number of hydrogen-bond donors (Lipinski definition) is 1. The Labute approximate surface area is 148 Å². The monoisotopic (exact) mass is 333 g/mol. The number of hydrogen-bond acceptors (Lipinski definition) is 4. The molecular weight excluding hydrogens is 310 g/mol. The molecule has 0 radical (unpaired) electrons. The van der Waals surface area contributed by atoms with Crippen LogP contribution in [0.5, 0.6) is 0 Å². The molecule has 128 valence electrons. The Bertz CT molecular complexity index is 850. The molecule has 0 spiro atoms. The van der Waals surface area contributed by atoms with Crippen molar-refractivity contribution < 1.29 is 4.52 Å². The molecule has 0 amide bonds. The first kappa shape index (κ1) is 16.1. The summed E-state index contributed by atoms with van der Waals surface area (Å²) in [4.78, 5) is 2.54. The lowest BCUT2D eigenvalue weighted by Gasteiger charge is -2.17. The zero-order valence-corrected chi connectivity index (χ0v) is 14.3. The molecule has 2 N–H and O–H groups in total. The van der Waals surface area contributed by atoms with E-state index < -0.39 is 0 Å². The van der Waals surface area contributed by atoms with Gasteiger partial charge in [0.2, 0.25) is 0 Å². The number of likely N-dealkylation sites (tertiary alicyclic amines) is 1. The van der Waals surface area contributed by atoms with Gasteiger partial charge in [0.25, 0.3) is 0 Å². The van der Waals surface area contributed by atoms with E-state index in [-0.39, 0.29) is 0 Å². The molecule has 4 nitrogen and oxygen atoms in total. The molecule has 2 aromatic carbocycles. The molecule has 4 rings (SSSR count). The van der Waals surface area contributed by atoms with Gasteiger partial charge in [-0.3, -0.25) is 4.90 Å². The van der Waals surface area contributed by atoms with Crippen molar-refractivity contribution >= 4 is 0 Å². The average molecular weight is 333 g/mol. The topological polar surface area (TPSA) is 55.3 Å². The number of benzene rings is 2. The minimum atomic E-state index is 0.366. The summed E-state index contributed by atoms with van der Waals surface area (Å²) >= 11 is 0. The summed E-state index contributed by atoms with van der Waals surface area (Å²) in [6.45, 7) is 3.79. The fourth-order valence-electron chi connectivity index (χ4n) is 3.51. The number of aromatic nitrogens is 1. The highest BCUT2D eigenvalue weighted by molar-refractivity contribution is 5.73. The number of rotatable bonds is 5. The van der Waals surface area contributed by atoms with Gasteiger partial charge in [-0.25, -0.2) is 0 Å². The SMILES string of the molecule is NCc1cc(-c2cccc(-c3ccccc3CN3CCCC3)c2)no1. The minimum absolute atomic E-state index is 0.366. The summed E-state index contributed by atoms with van der Waals surface area (Å²) in [5.41, 5.74) is 11.4. The van der Waals surface area contributed by atoms with E-state index in [0.717, 1.165) is 17.8 Å². The van der Waals surface area contributed by atoms with Crippen molar-refractivity contribution in [1.29, 1.82) is 0 Å². The normalized spacial score (nSPS) is 14.9. The molecule has 1 aliphatic heterocycles. The van der Waals surface area contributed by atoms with Crippen LogP contribution in [0.3, 0.4) is 0 Å². The maximum Gasteiger partial charge on any atom is 0.150 e. The van der Waals surface area contributed by atoms with Crippen LogP contribution in [0.2, 0.25) is 0 Å². The minimum Gasteiger partial charge on any atom is -0.359 e. The number of nitrogens with zero attached hydrogens (tertiary/aromatic N) is 2. The second-order valence-corrected chi connectivity index (χ2v) is 6.60. The van der Waals surface area contributed by atoms with Gasteiger partial charge in [0.15, 0.2) is 5.76 Å². The highest BCUT2D eigenvalue weighted by atomic mass is 16.5. The third kappa shape index (κ3) is 3.50. The van der Waals surface area contributed by atoms with Crippen LogP contribution in [0.25, 0.3) is 22.4 Å². The first-order valence-corrected chi connectivity index (χ1v) is 8.90. The molecule has 0 saturated carbocycles. The summed E-state index contributed by atoms with van der Waals surface area (Å²) in [6.07, 6.45) is 2.63. The van der Waals surface area contributed by atoms with Gasteiger partial charge in [0.05, 0.1) is 6.54 Å². The van der Waals surface area contributed by atoms with E-state index in [0.29, 0.717) is 12.3 Å². The summed E-state index contributed by atoms with van der Waals surface area (Å²) in [5.74, 6) is 0.704. The number of nitrogens with two attached hydrogens (primary N) is 1. The Morgan fingerprint density at radius 2 is 1.76 bits per heavy atom. The fraction of sp³-hybridized carbons (Fsp3) is 0.286. The molecule has 1 fully saturated rings. The smallest absolute Gasteiger partial charge is 0.150 e. The zero-order valence-electron chi connectivity index (χ0n) is 14.3. The summed E-state index contributed by atoms with van der Waals surface area (Å²) in [7, 11) is 0. The molecule has 0 unspecified atom stereocenters. The molecule has 0 aliphatic carbocycles. The molecule has 3 aromatic rings. The van der Waals surface area contributed by atoms with E-state index >= 15 is 0 Å². The van der Waals surface area contributed by atoms with Gasteiger partial charge in [0.1, 0.15) is 5.69 Å². The Morgan fingerprint density at radius 1 is 0.960 bits per heavy atom. The highest BCUT2D eigenvalue weighted by Gasteiger charge is 2.14. The van der Waals surface area contributed by atoms with Crippen LogP contribution < -0.4 is 5.73 Å². The molecular formula is C21H23N3O. The van der Waals surface area contributed by atoms with Crippen molar-refractivity contribution in [2.24, 2.45) is 5.73 Å². The molecule has 0 bridgehead atoms. The molecule has 1 saturated heterocycles. The van der Waals surface area contributed by atoms with Gasteiger partial charge in [-0.05, 0) is 48.7 Å². The van der Waals surface area contributed by atoms with Crippen LogP contribution in [-0.2, 0) is 13.1 Å². The van der Waals surface area contributed by atoms with Crippen LogP contribution in [0.1, 0.15) is 24.2 Å². The molecule has 0 atom stereocenters. The van der Waals surface area contributed by atoms with E-state index in [4.69, 9.17) is 10.3 Å². The third-order valence-corrected chi connectivity index (χ3v) is 4.84. The van der Waals surface area contributed by atoms with Gasteiger partial charge < -0.3 is 10.3 Å². The van der Waals surface area contributed by atoms with Gasteiger partial charge in [-0.1, -0.05) is 47.6 Å². The maximum absolute atomic E-state index is 5.62. The fourth-order valence-corrected chi connectivity index (χ4v) is 3.51. The van der Waals surface area contributed by atoms with Crippen molar-refractivity contribution in [2.75, 3.05) is 13.1 Å². The Kier molecular flexibility index (Phi) is 4.63. The maximum atomic E-state index is 5.62. The largest absolute Gasteiger partial charge is 0.359 e. The molecule has 25 heavy (non-hydrogen) atoms. The van der Waals surface area contributed by atoms with Crippen LogP contribution >= 0.6 is 0 Å². The summed E-state index contributed by atoms with van der Waals surface area (Å²) < 4.78 is 5.24. The Hall–Kier alpha value is -2.43. The van der Waals surface area contributed by atoms with Crippen molar-refractivity contribution in [2.45, 2.75) is 25.9 Å². The quantitative estimate of drug-likeness (QED) is 0.765. The van der Waals surface area contributed by atoms with E-state index in [1.807, 2.05) is 6.07 Å². The second-order valence-electron chi connectivity index (χ2n) is 6.60. The van der Waals surface area contributed by atoms with Crippen molar-refractivity contribution in [3.05, 3.63) is 65.9 Å². The lowest BCUT2D eigenvalue weighted by Crippen LogP contribution is -2.18. The van der Waals surface area contributed by atoms with E-state index in [1.165, 1.54) is 42.6 Å². The van der Waals surface area contributed by atoms with Gasteiger partial charge in [0, 0.05) is 18.2 Å². The molecule has 1 aliphatic rings. The lowest BCUT2D eigenvalue weighted by atomic mass is 9.97. The van der Waals surface area contributed by atoms with Crippen LogP contribution in [0.15, 0.2) is 59.1 Å². The Morgan fingerprint density at radius 3 is 2.56 bits per heavy atom. The van der Waals surface area contributed by atoms with Crippen molar-refractivity contribution in [3.63, 3.8) is 0 Å². The highest BCUT2D eigenvalue weighted by Crippen LogP contribution is 2.29. The van der Waals surface area contributed by atoms with E-state index in [1.54, 1.807) is 0 Å². The van der Waals surface area contributed by atoms with Crippen LogP contribution in [0.4, 0.5) is 0 Å². The van der Waals surface area contributed by atoms with Crippen LogP contribution in [0, 0.1) is 0 Å². The molecule has 1 aromatic heterocycles. The predicted molar refractivity (Wildman–Crippen MR) is 99.8 cm³/mol. The van der Waals surface area contributed by atoms with Gasteiger partial charge in [-0.2, -0.15) is 0 Å². The van der Waals surface area contributed by atoms with Crippen molar-refractivity contribution in [1.82, 2.24) is 10.1 Å². The van der Waals surface area contributed by atoms with Crippen molar-refractivity contribution in [3.8, 4) is 22.4 Å². The third-order valence-electron chi connectivity index (χ3n) is 4.84. The zero-order chi connectivity index (χ0) is 17.1. The second kappa shape index (κ2) is 7.21. The van der Waals surface area contributed by atoms with Gasteiger partial charge >= 0.3 is 0 Å². The predicted octanol–water partition coefficient (Wildman–Crippen LogP) is 4.06. The Balaban J connectivity index is 1.66. The van der Waals surface area contributed by atoms with E-state index in [2.05, 4.69) is 58.6 Å².